The highest BCUT2D eigenvalue weighted by atomic mass is 16.5. The van der Waals surface area contributed by atoms with Crippen LogP contribution >= 0.6 is 0 Å². The number of rotatable bonds is 7. The van der Waals surface area contributed by atoms with Crippen molar-refractivity contribution in [2.75, 3.05) is 13.1 Å². The SMILES string of the molecule is CCC(CC)N1CCc2ccc(COC3=C(C)CCC=C3c3cccc(C)n3)c(C)c2CC1. The van der Waals surface area contributed by atoms with Gasteiger partial charge in [0.2, 0.25) is 0 Å². The Kier molecular flexibility index (Phi) is 7.70. The highest BCUT2D eigenvalue weighted by Gasteiger charge is 2.22. The van der Waals surface area contributed by atoms with Gasteiger partial charge >= 0.3 is 0 Å². The van der Waals surface area contributed by atoms with Crippen molar-refractivity contribution >= 4 is 5.57 Å². The van der Waals surface area contributed by atoms with Crippen LogP contribution < -0.4 is 0 Å². The van der Waals surface area contributed by atoms with Crippen molar-refractivity contribution < 1.29 is 4.74 Å². The van der Waals surface area contributed by atoms with Crippen molar-refractivity contribution in [1.29, 1.82) is 0 Å². The first-order valence-corrected chi connectivity index (χ1v) is 12.8. The van der Waals surface area contributed by atoms with Crippen molar-refractivity contribution in [1.82, 2.24) is 9.88 Å². The standard InChI is InChI=1S/C30H40N2O/c1-6-26(7-2)32-18-16-24-14-15-25(23(5)27(24)17-19-32)20-33-30-21(3)10-8-12-28(30)29-13-9-11-22(4)31-29/h9,11-15,26H,6-8,10,16-20H2,1-5H3. The predicted molar refractivity (Wildman–Crippen MR) is 138 cm³/mol. The minimum Gasteiger partial charge on any atom is -0.488 e. The molecule has 2 aliphatic rings. The monoisotopic (exact) mass is 444 g/mol. The number of nitrogens with zero attached hydrogens (tertiary/aromatic N) is 2. The molecule has 176 valence electrons. The summed E-state index contributed by atoms with van der Waals surface area (Å²) in [5.74, 6) is 1.02. The Labute approximate surface area is 200 Å². The fourth-order valence-electron chi connectivity index (χ4n) is 5.54. The molecule has 1 aromatic carbocycles. The Hall–Kier alpha value is -2.39. The van der Waals surface area contributed by atoms with Gasteiger partial charge in [0.05, 0.1) is 5.69 Å². The van der Waals surface area contributed by atoms with Crippen LogP contribution in [0.4, 0.5) is 0 Å². The van der Waals surface area contributed by atoms with Crippen LogP contribution in [0, 0.1) is 13.8 Å². The van der Waals surface area contributed by atoms with Gasteiger partial charge in [-0.1, -0.05) is 38.1 Å². The lowest BCUT2D eigenvalue weighted by molar-refractivity contribution is 0.194. The van der Waals surface area contributed by atoms with Crippen LogP contribution in [0.25, 0.3) is 5.57 Å². The Bertz CT molecular complexity index is 1050. The van der Waals surface area contributed by atoms with Crippen molar-refractivity contribution in [2.24, 2.45) is 0 Å². The molecule has 2 aromatic rings. The number of fused-ring (bicyclic) bond motifs is 1. The molecule has 4 rings (SSSR count). The second-order valence-corrected chi connectivity index (χ2v) is 9.71. The largest absolute Gasteiger partial charge is 0.488 e. The van der Waals surface area contributed by atoms with Gasteiger partial charge < -0.3 is 4.74 Å². The van der Waals surface area contributed by atoms with E-state index >= 15 is 0 Å². The van der Waals surface area contributed by atoms with Crippen LogP contribution in [0.2, 0.25) is 0 Å². The van der Waals surface area contributed by atoms with Crippen LogP contribution in [0.1, 0.15) is 80.1 Å². The zero-order valence-electron chi connectivity index (χ0n) is 21.2. The van der Waals surface area contributed by atoms with Crippen LogP contribution in [0.3, 0.4) is 0 Å². The van der Waals surface area contributed by atoms with Gasteiger partial charge in [0, 0.05) is 30.4 Å². The first-order valence-electron chi connectivity index (χ1n) is 12.8. The summed E-state index contributed by atoms with van der Waals surface area (Å²) in [6.45, 7) is 14.2. The average molecular weight is 445 g/mol. The van der Waals surface area contributed by atoms with Crippen molar-refractivity contribution in [3.63, 3.8) is 0 Å². The third-order valence-electron chi connectivity index (χ3n) is 7.62. The molecule has 0 amide bonds. The highest BCUT2D eigenvalue weighted by molar-refractivity contribution is 5.77. The van der Waals surface area contributed by atoms with E-state index in [0.29, 0.717) is 12.6 Å². The molecule has 2 heterocycles. The van der Waals surface area contributed by atoms with E-state index in [-0.39, 0.29) is 0 Å². The fraction of sp³-hybridized carbons (Fsp3) is 0.500. The maximum absolute atomic E-state index is 6.55. The van der Waals surface area contributed by atoms with Gasteiger partial charge in [-0.25, -0.2) is 0 Å². The van der Waals surface area contributed by atoms with Crippen LogP contribution in [0.5, 0.6) is 0 Å². The topological polar surface area (TPSA) is 25.4 Å². The summed E-state index contributed by atoms with van der Waals surface area (Å²) in [6, 6.07) is 11.6. The van der Waals surface area contributed by atoms with E-state index < -0.39 is 0 Å². The number of allylic oxidation sites excluding steroid dienone is 3. The molecule has 0 spiro atoms. The second-order valence-electron chi connectivity index (χ2n) is 9.71. The molecular weight excluding hydrogens is 404 g/mol. The van der Waals surface area contributed by atoms with Gasteiger partial charge in [0.1, 0.15) is 12.4 Å². The van der Waals surface area contributed by atoms with Gasteiger partial charge in [-0.05, 0) is 99.3 Å². The van der Waals surface area contributed by atoms with E-state index in [0.717, 1.165) is 48.4 Å². The summed E-state index contributed by atoms with van der Waals surface area (Å²) >= 11 is 0. The van der Waals surface area contributed by atoms with Crippen molar-refractivity contribution in [3.05, 3.63) is 81.4 Å². The van der Waals surface area contributed by atoms with Crippen LogP contribution in [0.15, 0.2) is 47.7 Å². The lowest BCUT2D eigenvalue weighted by atomic mass is 9.93. The molecule has 0 bridgehead atoms. The third kappa shape index (κ3) is 5.24. The molecule has 0 saturated carbocycles. The lowest BCUT2D eigenvalue weighted by Crippen LogP contribution is -2.36. The summed E-state index contributed by atoms with van der Waals surface area (Å²) in [6.07, 6.45) is 9.18. The van der Waals surface area contributed by atoms with Gasteiger partial charge in [-0.2, -0.15) is 0 Å². The third-order valence-corrected chi connectivity index (χ3v) is 7.62. The van der Waals surface area contributed by atoms with Gasteiger partial charge in [0.25, 0.3) is 0 Å². The molecular formula is C30H40N2O. The second kappa shape index (κ2) is 10.7. The molecule has 3 heteroatoms. The summed E-state index contributed by atoms with van der Waals surface area (Å²) in [4.78, 5) is 7.48. The fourth-order valence-corrected chi connectivity index (χ4v) is 5.54. The van der Waals surface area contributed by atoms with Crippen LogP contribution in [-0.2, 0) is 24.2 Å². The zero-order valence-corrected chi connectivity index (χ0v) is 21.2. The number of aryl methyl sites for hydroxylation is 1. The molecule has 0 radical (unpaired) electrons. The number of ether oxygens (including phenoxy) is 1. The zero-order chi connectivity index (χ0) is 23.4. The quantitative estimate of drug-likeness (QED) is 0.462. The highest BCUT2D eigenvalue weighted by Crippen LogP contribution is 2.34. The molecule has 1 aromatic heterocycles. The molecule has 0 N–H and O–H groups in total. The number of aromatic nitrogens is 1. The van der Waals surface area contributed by atoms with E-state index in [2.05, 4.69) is 62.9 Å². The minimum atomic E-state index is 0.616. The van der Waals surface area contributed by atoms with E-state index in [1.165, 1.54) is 48.2 Å². The summed E-state index contributed by atoms with van der Waals surface area (Å²) in [5, 5.41) is 0. The number of hydrogen-bond acceptors (Lipinski definition) is 3. The molecule has 1 aliphatic carbocycles. The molecule has 3 nitrogen and oxygen atoms in total. The van der Waals surface area contributed by atoms with E-state index in [4.69, 9.17) is 9.72 Å². The van der Waals surface area contributed by atoms with Crippen molar-refractivity contribution in [2.45, 2.75) is 85.8 Å². The van der Waals surface area contributed by atoms with Crippen LogP contribution in [-0.4, -0.2) is 29.0 Å². The average Bonchev–Trinajstić information content (AvgIpc) is 3.03. The number of hydrogen-bond donors (Lipinski definition) is 0. The smallest absolute Gasteiger partial charge is 0.127 e. The predicted octanol–water partition coefficient (Wildman–Crippen LogP) is 6.96. The maximum atomic E-state index is 6.55. The van der Waals surface area contributed by atoms with Gasteiger partial charge in [-0.3, -0.25) is 9.88 Å². The molecule has 33 heavy (non-hydrogen) atoms. The lowest BCUT2D eigenvalue weighted by Gasteiger charge is -2.28. The molecule has 0 fully saturated rings. The first-order chi connectivity index (χ1) is 16.0. The summed E-state index contributed by atoms with van der Waals surface area (Å²) < 4.78 is 6.55. The van der Waals surface area contributed by atoms with E-state index in [1.807, 2.05) is 13.0 Å². The van der Waals surface area contributed by atoms with Gasteiger partial charge in [0.15, 0.2) is 0 Å². The molecule has 0 atom stereocenters. The normalized spacial score (nSPS) is 17.1. The van der Waals surface area contributed by atoms with E-state index in [9.17, 15) is 0 Å². The maximum Gasteiger partial charge on any atom is 0.127 e. The first kappa shape index (κ1) is 23.8. The summed E-state index contributed by atoms with van der Waals surface area (Å²) in [5.41, 5.74) is 10.3. The Morgan fingerprint density at radius 3 is 2.52 bits per heavy atom. The Morgan fingerprint density at radius 1 is 0.970 bits per heavy atom. The summed E-state index contributed by atoms with van der Waals surface area (Å²) in [7, 11) is 0. The minimum absolute atomic E-state index is 0.616. The van der Waals surface area contributed by atoms with E-state index in [1.54, 1.807) is 5.56 Å². The molecule has 0 unspecified atom stereocenters. The van der Waals surface area contributed by atoms with Crippen molar-refractivity contribution in [3.8, 4) is 0 Å². The number of benzene rings is 1. The molecule has 0 saturated heterocycles. The van der Waals surface area contributed by atoms with Gasteiger partial charge in [-0.15, -0.1) is 0 Å². The molecule has 1 aliphatic heterocycles. The Balaban J connectivity index is 1.52. The number of pyridine rings is 1. The Morgan fingerprint density at radius 2 is 1.76 bits per heavy atom.